The van der Waals surface area contributed by atoms with E-state index in [-0.39, 0.29) is 5.91 Å². The molecule has 1 amide bonds. The van der Waals surface area contributed by atoms with Crippen molar-refractivity contribution < 1.29 is 4.79 Å². The molecule has 0 unspecified atom stereocenters. The molecule has 7 heteroatoms. The van der Waals surface area contributed by atoms with Crippen LogP contribution in [0.2, 0.25) is 10.0 Å². The Balaban J connectivity index is 1.65. The molecule has 0 aliphatic heterocycles. The minimum atomic E-state index is -0.236. The van der Waals surface area contributed by atoms with Crippen LogP contribution >= 0.6 is 23.2 Å². The van der Waals surface area contributed by atoms with E-state index in [0.29, 0.717) is 28.7 Å². The highest BCUT2D eigenvalue weighted by Gasteiger charge is 2.11. The number of imidazole rings is 1. The summed E-state index contributed by atoms with van der Waals surface area (Å²) in [5.74, 6) is -0.236. The summed E-state index contributed by atoms with van der Waals surface area (Å²) >= 11 is 11.9. The number of rotatable bonds is 4. The van der Waals surface area contributed by atoms with Crippen molar-refractivity contribution in [3.63, 3.8) is 0 Å². The van der Waals surface area contributed by atoms with Crippen molar-refractivity contribution in [2.75, 3.05) is 6.54 Å². The Labute approximate surface area is 137 Å². The quantitative estimate of drug-likeness (QED) is 0.795. The lowest BCUT2D eigenvalue weighted by Gasteiger charge is -2.08. The van der Waals surface area contributed by atoms with Gasteiger partial charge in [-0.15, -0.1) is 0 Å². The Morgan fingerprint density at radius 2 is 2.09 bits per heavy atom. The number of hydrogen-bond acceptors (Lipinski definition) is 2. The SMILES string of the molecule is Cc1cc2n(CCNC(=O)c3cc(Cl)ccc3Cl)ccn2n1. The number of nitrogens with zero attached hydrogens (tertiary/aromatic N) is 3. The summed E-state index contributed by atoms with van der Waals surface area (Å²) < 4.78 is 3.84. The van der Waals surface area contributed by atoms with E-state index in [0.717, 1.165) is 11.3 Å². The Morgan fingerprint density at radius 3 is 2.91 bits per heavy atom. The summed E-state index contributed by atoms with van der Waals surface area (Å²) in [5, 5.41) is 8.04. The molecule has 0 spiro atoms. The summed E-state index contributed by atoms with van der Waals surface area (Å²) in [6.07, 6.45) is 3.82. The molecule has 0 saturated heterocycles. The largest absolute Gasteiger partial charge is 0.350 e. The van der Waals surface area contributed by atoms with Crippen LogP contribution in [0.4, 0.5) is 0 Å². The number of benzene rings is 1. The second-order valence-electron chi connectivity index (χ2n) is 4.96. The number of carbonyl (C=O) groups excluding carboxylic acids is 1. The number of carbonyl (C=O) groups is 1. The molecule has 2 aromatic heterocycles. The van der Waals surface area contributed by atoms with Gasteiger partial charge in [-0.1, -0.05) is 23.2 Å². The van der Waals surface area contributed by atoms with Crippen LogP contribution in [0.5, 0.6) is 0 Å². The van der Waals surface area contributed by atoms with Gasteiger partial charge in [0.15, 0.2) is 0 Å². The van der Waals surface area contributed by atoms with Crippen LogP contribution in [0.25, 0.3) is 5.65 Å². The third-order valence-corrected chi connectivity index (χ3v) is 3.90. The van der Waals surface area contributed by atoms with Gasteiger partial charge in [0.05, 0.1) is 16.3 Å². The highest BCUT2D eigenvalue weighted by atomic mass is 35.5. The predicted octanol–water partition coefficient (Wildman–Crippen LogP) is 3.18. The molecule has 0 aliphatic carbocycles. The number of aryl methyl sites for hydroxylation is 1. The highest BCUT2D eigenvalue weighted by molar-refractivity contribution is 6.35. The molecule has 3 rings (SSSR count). The molecule has 22 heavy (non-hydrogen) atoms. The average molecular weight is 337 g/mol. The molecule has 0 aliphatic rings. The van der Waals surface area contributed by atoms with E-state index in [9.17, 15) is 4.79 Å². The molecule has 1 aromatic carbocycles. The van der Waals surface area contributed by atoms with E-state index >= 15 is 0 Å². The van der Waals surface area contributed by atoms with Gasteiger partial charge in [0.1, 0.15) is 5.65 Å². The molecular weight excluding hydrogens is 323 g/mol. The smallest absolute Gasteiger partial charge is 0.252 e. The monoisotopic (exact) mass is 336 g/mol. The van der Waals surface area contributed by atoms with Gasteiger partial charge >= 0.3 is 0 Å². The minimum absolute atomic E-state index is 0.236. The van der Waals surface area contributed by atoms with Gasteiger partial charge in [-0.25, -0.2) is 4.52 Å². The first kappa shape index (κ1) is 14.9. The molecule has 0 saturated carbocycles. The number of amides is 1. The van der Waals surface area contributed by atoms with Crippen LogP contribution in [0.3, 0.4) is 0 Å². The van der Waals surface area contributed by atoms with Crippen molar-refractivity contribution in [3.05, 3.63) is 58.0 Å². The van der Waals surface area contributed by atoms with Crippen LogP contribution < -0.4 is 5.32 Å². The molecule has 2 heterocycles. The van der Waals surface area contributed by atoms with E-state index in [1.807, 2.05) is 34.5 Å². The van der Waals surface area contributed by atoms with Crippen molar-refractivity contribution in [3.8, 4) is 0 Å². The Bertz CT molecular complexity index is 837. The lowest BCUT2D eigenvalue weighted by molar-refractivity contribution is 0.0952. The molecule has 0 atom stereocenters. The second kappa shape index (κ2) is 6.02. The van der Waals surface area contributed by atoms with Crippen molar-refractivity contribution in [2.45, 2.75) is 13.5 Å². The maximum Gasteiger partial charge on any atom is 0.252 e. The molecule has 0 bridgehead atoms. The normalized spacial score (nSPS) is 11.0. The van der Waals surface area contributed by atoms with E-state index in [1.165, 1.54) is 0 Å². The van der Waals surface area contributed by atoms with Crippen LogP contribution in [0, 0.1) is 6.92 Å². The summed E-state index contributed by atoms with van der Waals surface area (Å²) in [5.41, 5.74) is 2.33. The second-order valence-corrected chi connectivity index (χ2v) is 5.80. The molecular formula is C15H14Cl2N4O. The van der Waals surface area contributed by atoms with E-state index in [1.54, 1.807) is 18.2 Å². The minimum Gasteiger partial charge on any atom is -0.350 e. The molecule has 1 N–H and O–H groups in total. The van der Waals surface area contributed by atoms with Gasteiger partial charge in [0, 0.05) is 36.6 Å². The molecule has 0 fully saturated rings. The fourth-order valence-electron chi connectivity index (χ4n) is 2.29. The fraction of sp³-hybridized carbons (Fsp3) is 0.200. The Hall–Kier alpha value is -1.98. The molecule has 3 aromatic rings. The van der Waals surface area contributed by atoms with Gasteiger partial charge in [0.2, 0.25) is 0 Å². The average Bonchev–Trinajstić information content (AvgIpc) is 3.01. The topological polar surface area (TPSA) is 51.3 Å². The van der Waals surface area contributed by atoms with Crippen molar-refractivity contribution in [1.29, 1.82) is 0 Å². The Morgan fingerprint density at radius 1 is 1.27 bits per heavy atom. The van der Waals surface area contributed by atoms with Crippen LogP contribution in [0.15, 0.2) is 36.7 Å². The number of hydrogen-bond donors (Lipinski definition) is 1. The van der Waals surface area contributed by atoms with E-state index in [4.69, 9.17) is 23.2 Å². The van der Waals surface area contributed by atoms with Gasteiger partial charge in [-0.2, -0.15) is 5.10 Å². The first-order chi connectivity index (χ1) is 10.5. The first-order valence-electron chi connectivity index (χ1n) is 6.79. The maximum atomic E-state index is 12.1. The van der Waals surface area contributed by atoms with Crippen molar-refractivity contribution >= 4 is 34.8 Å². The van der Waals surface area contributed by atoms with E-state index < -0.39 is 0 Å². The van der Waals surface area contributed by atoms with Gasteiger partial charge < -0.3 is 9.88 Å². The fourth-order valence-corrected chi connectivity index (χ4v) is 2.67. The summed E-state index contributed by atoms with van der Waals surface area (Å²) in [6, 6.07) is 6.82. The highest BCUT2D eigenvalue weighted by Crippen LogP contribution is 2.20. The third kappa shape index (κ3) is 2.96. The molecule has 114 valence electrons. The van der Waals surface area contributed by atoms with Gasteiger partial charge in [-0.3, -0.25) is 4.79 Å². The number of fused-ring (bicyclic) bond motifs is 1. The van der Waals surface area contributed by atoms with Crippen LogP contribution in [0.1, 0.15) is 16.1 Å². The molecule has 5 nitrogen and oxygen atoms in total. The van der Waals surface area contributed by atoms with Gasteiger partial charge in [-0.05, 0) is 25.1 Å². The number of halogens is 2. The zero-order chi connectivity index (χ0) is 15.7. The Kier molecular flexibility index (Phi) is 4.09. The van der Waals surface area contributed by atoms with Crippen LogP contribution in [-0.2, 0) is 6.54 Å². The number of aromatic nitrogens is 3. The van der Waals surface area contributed by atoms with Crippen LogP contribution in [-0.4, -0.2) is 26.6 Å². The molecule has 0 radical (unpaired) electrons. The lowest BCUT2D eigenvalue weighted by atomic mass is 10.2. The van der Waals surface area contributed by atoms with Crippen molar-refractivity contribution in [2.24, 2.45) is 0 Å². The van der Waals surface area contributed by atoms with Gasteiger partial charge in [0.25, 0.3) is 5.91 Å². The predicted molar refractivity (Wildman–Crippen MR) is 86.7 cm³/mol. The summed E-state index contributed by atoms with van der Waals surface area (Å²) in [7, 11) is 0. The number of nitrogens with one attached hydrogen (secondary N) is 1. The standard InChI is InChI=1S/C15H14Cl2N4O/c1-10-8-14-20(6-7-21(14)19-10)5-4-18-15(22)12-9-11(16)2-3-13(12)17/h2-3,6-9H,4-5H2,1H3,(H,18,22). The summed E-state index contributed by atoms with van der Waals surface area (Å²) in [4.78, 5) is 12.1. The van der Waals surface area contributed by atoms with Crippen molar-refractivity contribution in [1.82, 2.24) is 19.5 Å². The lowest BCUT2D eigenvalue weighted by Crippen LogP contribution is -2.27. The van der Waals surface area contributed by atoms with E-state index in [2.05, 4.69) is 10.4 Å². The third-order valence-electron chi connectivity index (χ3n) is 3.33. The first-order valence-corrected chi connectivity index (χ1v) is 7.54. The zero-order valence-corrected chi connectivity index (χ0v) is 13.4. The summed E-state index contributed by atoms with van der Waals surface area (Å²) in [6.45, 7) is 3.07. The zero-order valence-electron chi connectivity index (χ0n) is 11.9. The maximum absolute atomic E-state index is 12.1.